The van der Waals surface area contributed by atoms with Crippen molar-refractivity contribution < 1.29 is 9.59 Å². The van der Waals surface area contributed by atoms with E-state index in [-0.39, 0.29) is 17.9 Å². The number of thioether (sulfide) groups is 1. The molecule has 1 saturated heterocycles. The number of aromatic nitrogens is 3. The molecular formula is C27H33N5O2S. The Morgan fingerprint density at radius 3 is 2.49 bits per heavy atom. The number of nitrogens with zero attached hydrogens (tertiary/aromatic N) is 5. The highest BCUT2D eigenvalue weighted by molar-refractivity contribution is 7.99. The lowest BCUT2D eigenvalue weighted by Crippen LogP contribution is -2.49. The topological polar surface area (TPSA) is 71.3 Å². The molecule has 0 N–H and O–H groups in total. The third-order valence-corrected chi connectivity index (χ3v) is 7.54. The molecule has 0 atom stereocenters. The highest BCUT2D eigenvalue weighted by atomic mass is 32.2. The molecule has 4 rings (SSSR count). The molecule has 2 heterocycles. The average molecular weight is 492 g/mol. The van der Waals surface area contributed by atoms with E-state index in [1.54, 1.807) is 6.33 Å². The summed E-state index contributed by atoms with van der Waals surface area (Å²) in [5.41, 5.74) is 4.15. The number of piperidine rings is 1. The van der Waals surface area contributed by atoms with Crippen molar-refractivity contribution in [2.45, 2.75) is 51.2 Å². The summed E-state index contributed by atoms with van der Waals surface area (Å²) in [6, 6.07) is 15.8. The van der Waals surface area contributed by atoms with Gasteiger partial charge in [-0.2, -0.15) is 0 Å². The van der Waals surface area contributed by atoms with E-state index in [0.29, 0.717) is 24.0 Å². The van der Waals surface area contributed by atoms with E-state index in [4.69, 9.17) is 0 Å². The van der Waals surface area contributed by atoms with Gasteiger partial charge >= 0.3 is 0 Å². The molecule has 0 aliphatic carbocycles. The van der Waals surface area contributed by atoms with Crippen molar-refractivity contribution in [2.24, 2.45) is 0 Å². The van der Waals surface area contributed by atoms with Crippen LogP contribution in [0.2, 0.25) is 0 Å². The minimum Gasteiger partial charge on any atom is -0.339 e. The first-order valence-corrected chi connectivity index (χ1v) is 13.2. The summed E-state index contributed by atoms with van der Waals surface area (Å²) in [4.78, 5) is 30.0. The maximum absolute atomic E-state index is 13.3. The number of rotatable bonds is 8. The van der Waals surface area contributed by atoms with Gasteiger partial charge in [0.2, 0.25) is 5.91 Å². The molecule has 8 heteroatoms. The molecule has 35 heavy (non-hydrogen) atoms. The van der Waals surface area contributed by atoms with Crippen molar-refractivity contribution in [3.8, 4) is 5.69 Å². The summed E-state index contributed by atoms with van der Waals surface area (Å²) in [5, 5.41) is 9.04. The van der Waals surface area contributed by atoms with Crippen LogP contribution >= 0.6 is 11.8 Å². The van der Waals surface area contributed by atoms with E-state index in [0.717, 1.165) is 37.1 Å². The molecule has 0 unspecified atom stereocenters. The monoisotopic (exact) mass is 491 g/mol. The van der Waals surface area contributed by atoms with Gasteiger partial charge in [0.25, 0.3) is 5.91 Å². The largest absolute Gasteiger partial charge is 0.339 e. The van der Waals surface area contributed by atoms with Gasteiger partial charge in [0, 0.05) is 36.9 Å². The lowest BCUT2D eigenvalue weighted by atomic mass is 10.0. The molecule has 0 bridgehead atoms. The van der Waals surface area contributed by atoms with Crippen molar-refractivity contribution in [1.29, 1.82) is 0 Å². The zero-order valence-electron chi connectivity index (χ0n) is 20.7. The van der Waals surface area contributed by atoms with Crippen molar-refractivity contribution in [1.82, 2.24) is 24.6 Å². The molecule has 0 radical (unpaired) electrons. The predicted molar refractivity (Wildman–Crippen MR) is 139 cm³/mol. The maximum Gasteiger partial charge on any atom is 0.253 e. The molecule has 0 saturated carbocycles. The fourth-order valence-electron chi connectivity index (χ4n) is 4.48. The maximum atomic E-state index is 13.3. The van der Waals surface area contributed by atoms with Gasteiger partial charge in [-0.25, -0.2) is 0 Å². The summed E-state index contributed by atoms with van der Waals surface area (Å²) in [6.45, 7) is 8.32. The van der Waals surface area contributed by atoms with Crippen LogP contribution in [-0.4, -0.2) is 67.8 Å². The van der Waals surface area contributed by atoms with Gasteiger partial charge in [0.05, 0.1) is 5.75 Å². The zero-order valence-corrected chi connectivity index (χ0v) is 21.5. The van der Waals surface area contributed by atoms with Crippen LogP contribution in [0.3, 0.4) is 0 Å². The van der Waals surface area contributed by atoms with Gasteiger partial charge in [-0.05, 0) is 68.5 Å². The predicted octanol–water partition coefficient (Wildman–Crippen LogP) is 4.52. The Hall–Kier alpha value is -3.13. The number of benzene rings is 2. The van der Waals surface area contributed by atoms with Crippen LogP contribution in [0.15, 0.2) is 60.0 Å². The van der Waals surface area contributed by atoms with Crippen LogP contribution in [0.5, 0.6) is 0 Å². The minimum atomic E-state index is 0.0682. The Morgan fingerprint density at radius 1 is 1.06 bits per heavy atom. The van der Waals surface area contributed by atoms with E-state index in [1.807, 2.05) is 50.8 Å². The molecule has 0 spiro atoms. The third kappa shape index (κ3) is 5.93. The Balaban J connectivity index is 1.36. The highest BCUT2D eigenvalue weighted by Gasteiger charge is 2.29. The Labute approximate surface area is 211 Å². The highest BCUT2D eigenvalue weighted by Crippen LogP contribution is 2.24. The number of hydrogen-bond acceptors (Lipinski definition) is 5. The van der Waals surface area contributed by atoms with E-state index >= 15 is 0 Å². The Bertz CT molecular complexity index is 1160. The van der Waals surface area contributed by atoms with Crippen molar-refractivity contribution in [3.05, 3.63) is 71.5 Å². The zero-order chi connectivity index (χ0) is 24.8. The first kappa shape index (κ1) is 25.0. The van der Waals surface area contributed by atoms with Gasteiger partial charge in [-0.15, -0.1) is 10.2 Å². The van der Waals surface area contributed by atoms with Crippen LogP contribution in [0.1, 0.15) is 47.7 Å². The number of likely N-dealkylation sites (tertiary alicyclic amines) is 1. The molecular weight excluding hydrogens is 458 g/mol. The first-order chi connectivity index (χ1) is 17.0. The van der Waals surface area contributed by atoms with Crippen LogP contribution in [-0.2, 0) is 4.79 Å². The smallest absolute Gasteiger partial charge is 0.253 e. The number of carbonyl (C=O) groups is 2. The molecule has 1 aromatic heterocycles. The molecule has 1 aliphatic heterocycles. The van der Waals surface area contributed by atoms with Gasteiger partial charge in [0.15, 0.2) is 5.16 Å². The van der Waals surface area contributed by atoms with E-state index in [2.05, 4.69) is 43.1 Å². The lowest BCUT2D eigenvalue weighted by molar-refractivity contribution is -0.131. The summed E-state index contributed by atoms with van der Waals surface area (Å²) in [7, 11) is 0. The summed E-state index contributed by atoms with van der Waals surface area (Å²) in [6.07, 6.45) is 4.19. The van der Waals surface area contributed by atoms with E-state index in [9.17, 15) is 9.59 Å². The van der Waals surface area contributed by atoms with Crippen LogP contribution in [0, 0.1) is 13.8 Å². The van der Waals surface area contributed by atoms with E-state index in [1.165, 1.54) is 22.9 Å². The molecule has 7 nitrogen and oxygen atoms in total. The third-order valence-electron chi connectivity index (χ3n) is 6.61. The second-order valence-corrected chi connectivity index (χ2v) is 9.96. The second-order valence-electron chi connectivity index (χ2n) is 9.02. The molecule has 2 amide bonds. The quantitative estimate of drug-likeness (QED) is 0.433. The first-order valence-electron chi connectivity index (χ1n) is 12.2. The van der Waals surface area contributed by atoms with Crippen molar-refractivity contribution in [3.63, 3.8) is 0 Å². The number of amides is 2. The SMILES string of the molecule is CCCN(C(=O)CSc1nncn1-c1ccc(C)c(C)c1)C1CCN(C(=O)c2ccccc2)CC1. The van der Waals surface area contributed by atoms with E-state index < -0.39 is 0 Å². The fourth-order valence-corrected chi connectivity index (χ4v) is 5.30. The number of aryl methyl sites for hydroxylation is 2. The summed E-state index contributed by atoms with van der Waals surface area (Å²) in [5.74, 6) is 0.491. The van der Waals surface area contributed by atoms with Gasteiger partial charge in [0.1, 0.15) is 6.33 Å². The Kier molecular flexibility index (Phi) is 8.23. The van der Waals surface area contributed by atoms with Gasteiger partial charge < -0.3 is 9.80 Å². The van der Waals surface area contributed by atoms with Crippen molar-refractivity contribution >= 4 is 23.6 Å². The second kappa shape index (κ2) is 11.5. The molecule has 2 aromatic carbocycles. The summed E-state index contributed by atoms with van der Waals surface area (Å²) >= 11 is 1.42. The van der Waals surface area contributed by atoms with Gasteiger partial charge in [-0.3, -0.25) is 14.2 Å². The number of carbonyl (C=O) groups excluding carboxylic acids is 2. The fraction of sp³-hybridized carbons (Fsp3) is 0.407. The molecule has 1 fully saturated rings. The van der Waals surface area contributed by atoms with Gasteiger partial charge in [-0.1, -0.05) is 43.0 Å². The van der Waals surface area contributed by atoms with Crippen LogP contribution in [0.4, 0.5) is 0 Å². The Morgan fingerprint density at radius 2 is 1.80 bits per heavy atom. The van der Waals surface area contributed by atoms with Crippen molar-refractivity contribution in [2.75, 3.05) is 25.4 Å². The normalized spacial score (nSPS) is 14.2. The molecule has 184 valence electrons. The molecule has 3 aromatic rings. The molecule has 1 aliphatic rings. The standard InChI is InChI=1S/C27H33N5O2S/c1-4-14-31(23-12-15-30(16-13-23)26(34)22-8-6-5-7-9-22)25(33)18-35-27-29-28-19-32(27)24-11-10-20(2)21(3)17-24/h5-11,17,19,23H,4,12-16,18H2,1-3H3. The minimum absolute atomic E-state index is 0.0682. The average Bonchev–Trinajstić information content (AvgIpc) is 3.36. The van der Waals surface area contributed by atoms with Crippen LogP contribution < -0.4 is 0 Å². The number of hydrogen-bond donors (Lipinski definition) is 0. The lowest BCUT2D eigenvalue weighted by Gasteiger charge is -2.38. The van der Waals surface area contributed by atoms with Crippen LogP contribution in [0.25, 0.3) is 5.69 Å². The summed E-state index contributed by atoms with van der Waals surface area (Å²) < 4.78 is 1.93.